The van der Waals surface area contributed by atoms with Crippen LogP contribution in [0.15, 0.2) is 64.2 Å². The summed E-state index contributed by atoms with van der Waals surface area (Å²) in [6.07, 6.45) is -0.00708. The Bertz CT molecular complexity index is 1120. The molecule has 3 aromatic rings. The van der Waals surface area contributed by atoms with Crippen molar-refractivity contribution in [2.75, 3.05) is 17.7 Å². The van der Waals surface area contributed by atoms with Crippen LogP contribution in [0.3, 0.4) is 0 Å². The number of hydrogen-bond acceptors (Lipinski definition) is 4. The molecule has 0 aliphatic heterocycles. The topological polar surface area (TPSA) is 101 Å². The molecule has 0 saturated heterocycles. The Kier molecular flexibility index (Phi) is 5.65. The van der Waals surface area contributed by atoms with Crippen molar-refractivity contribution in [1.82, 2.24) is 9.55 Å². The van der Waals surface area contributed by atoms with Crippen molar-refractivity contribution < 1.29 is 4.79 Å². The Morgan fingerprint density at radius 2 is 1.75 bits per heavy atom. The number of aromatic nitrogens is 2. The minimum Gasteiger partial charge on any atom is -0.383 e. The number of nitrogens with one attached hydrogen (secondary N) is 1. The van der Waals surface area contributed by atoms with E-state index in [9.17, 15) is 14.4 Å². The molecule has 7 nitrogen and oxygen atoms in total. The van der Waals surface area contributed by atoms with Gasteiger partial charge in [-0.05, 0) is 17.2 Å². The normalized spacial score (nSPS) is 10.6. The minimum atomic E-state index is -0.721. The van der Waals surface area contributed by atoms with E-state index < -0.39 is 11.2 Å². The van der Waals surface area contributed by atoms with Crippen LogP contribution >= 0.6 is 11.6 Å². The van der Waals surface area contributed by atoms with Crippen molar-refractivity contribution in [3.63, 3.8) is 0 Å². The number of carbonyl (C=O) groups is 1. The van der Waals surface area contributed by atoms with Crippen LogP contribution in [0.2, 0.25) is 5.02 Å². The van der Waals surface area contributed by atoms with Crippen molar-refractivity contribution in [1.29, 1.82) is 0 Å². The predicted octanol–water partition coefficient (Wildman–Crippen LogP) is 2.03. The fourth-order valence-corrected chi connectivity index (χ4v) is 3.07. The van der Waals surface area contributed by atoms with Crippen LogP contribution < -0.4 is 21.9 Å². The molecule has 0 aliphatic rings. The average molecular weight is 399 g/mol. The molecule has 3 rings (SSSR count). The highest BCUT2D eigenvalue weighted by Crippen LogP contribution is 2.20. The first-order valence-electron chi connectivity index (χ1n) is 8.55. The van der Waals surface area contributed by atoms with Gasteiger partial charge >= 0.3 is 5.69 Å². The van der Waals surface area contributed by atoms with E-state index in [0.717, 1.165) is 10.5 Å². The van der Waals surface area contributed by atoms with E-state index in [2.05, 4.69) is 4.98 Å². The number of likely N-dealkylation sites (N-methyl/N-ethyl adjacent to an activating group) is 1. The molecule has 1 aromatic heterocycles. The van der Waals surface area contributed by atoms with Gasteiger partial charge in [-0.2, -0.15) is 0 Å². The zero-order valence-electron chi connectivity index (χ0n) is 15.2. The third-order valence-corrected chi connectivity index (χ3v) is 4.78. The summed E-state index contributed by atoms with van der Waals surface area (Å²) in [4.78, 5) is 40.7. The third-order valence-electron chi connectivity index (χ3n) is 4.41. The molecule has 2 aromatic carbocycles. The van der Waals surface area contributed by atoms with Crippen molar-refractivity contribution in [2.45, 2.75) is 13.0 Å². The summed E-state index contributed by atoms with van der Waals surface area (Å²) in [6, 6.07) is 16.2. The van der Waals surface area contributed by atoms with Crippen LogP contribution in [-0.4, -0.2) is 22.5 Å². The van der Waals surface area contributed by atoms with Crippen molar-refractivity contribution in [2.24, 2.45) is 0 Å². The summed E-state index contributed by atoms with van der Waals surface area (Å²) in [5, 5.41) is 0.458. The maximum Gasteiger partial charge on any atom is 0.330 e. The summed E-state index contributed by atoms with van der Waals surface area (Å²) >= 11 is 6.11. The number of aromatic amines is 1. The molecule has 28 heavy (non-hydrogen) atoms. The largest absolute Gasteiger partial charge is 0.383 e. The third kappa shape index (κ3) is 3.99. The van der Waals surface area contributed by atoms with E-state index >= 15 is 0 Å². The molecule has 0 bridgehead atoms. The van der Waals surface area contributed by atoms with E-state index in [1.165, 1.54) is 11.6 Å². The smallest absolute Gasteiger partial charge is 0.330 e. The number of carbonyl (C=O) groups excluding carboxylic acids is 1. The molecule has 0 spiro atoms. The number of nitrogens with two attached hydrogens (primary N) is 1. The number of nitrogens with zero attached hydrogens (tertiary/aromatic N) is 2. The lowest BCUT2D eigenvalue weighted by Gasteiger charge is -2.20. The van der Waals surface area contributed by atoms with Gasteiger partial charge in [0.15, 0.2) is 5.69 Å². The average Bonchev–Trinajstić information content (AvgIpc) is 2.67. The number of benzene rings is 2. The Morgan fingerprint density at radius 3 is 2.43 bits per heavy atom. The Labute approximate surface area is 166 Å². The molecule has 0 fully saturated rings. The van der Waals surface area contributed by atoms with Gasteiger partial charge in [0.25, 0.3) is 5.56 Å². The second kappa shape index (κ2) is 8.14. The van der Waals surface area contributed by atoms with Crippen molar-refractivity contribution >= 4 is 29.0 Å². The number of halogens is 1. The molecule has 0 atom stereocenters. The SMILES string of the molecule is CN(C(=O)Cc1ccccc1Cl)c1c(N)n(Cc2ccccc2)c(=O)[nH]c1=O. The summed E-state index contributed by atoms with van der Waals surface area (Å²) in [6.45, 7) is 0.168. The van der Waals surface area contributed by atoms with Crippen LogP contribution in [0.1, 0.15) is 11.1 Å². The molecule has 8 heteroatoms. The molecule has 1 amide bonds. The highest BCUT2D eigenvalue weighted by molar-refractivity contribution is 6.31. The predicted molar refractivity (Wildman–Crippen MR) is 110 cm³/mol. The fraction of sp³-hybridized carbons (Fsp3) is 0.150. The van der Waals surface area contributed by atoms with E-state index in [1.807, 2.05) is 30.3 Å². The first kappa shape index (κ1) is 19.4. The van der Waals surface area contributed by atoms with E-state index in [4.69, 9.17) is 17.3 Å². The molecule has 0 aliphatic carbocycles. The van der Waals surface area contributed by atoms with Gasteiger partial charge in [0.1, 0.15) is 5.82 Å². The maximum atomic E-state index is 12.7. The lowest BCUT2D eigenvalue weighted by atomic mass is 10.1. The lowest BCUT2D eigenvalue weighted by molar-refractivity contribution is -0.117. The second-order valence-electron chi connectivity index (χ2n) is 6.29. The van der Waals surface area contributed by atoms with Crippen LogP contribution in [0.4, 0.5) is 11.5 Å². The molecular weight excluding hydrogens is 380 g/mol. The molecule has 0 saturated carbocycles. The number of anilines is 2. The van der Waals surface area contributed by atoms with Gasteiger partial charge in [-0.15, -0.1) is 0 Å². The number of amides is 1. The highest BCUT2D eigenvalue weighted by atomic mass is 35.5. The van der Waals surface area contributed by atoms with E-state index in [-0.39, 0.29) is 30.4 Å². The van der Waals surface area contributed by atoms with Crippen LogP contribution in [0.5, 0.6) is 0 Å². The van der Waals surface area contributed by atoms with Crippen molar-refractivity contribution in [3.05, 3.63) is 91.6 Å². The fourth-order valence-electron chi connectivity index (χ4n) is 2.87. The first-order valence-corrected chi connectivity index (χ1v) is 8.92. The number of hydrogen-bond donors (Lipinski definition) is 2. The zero-order chi connectivity index (χ0) is 20.3. The van der Waals surface area contributed by atoms with Crippen LogP contribution in [0.25, 0.3) is 0 Å². The maximum absolute atomic E-state index is 12.7. The summed E-state index contributed by atoms with van der Waals surface area (Å²) < 4.78 is 1.23. The quantitative estimate of drug-likeness (QED) is 0.686. The van der Waals surface area contributed by atoms with Gasteiger partial charge in [0.05, 0.1) is 13.0 Å². The molecule has 3 N–H and O–H groups in total. The number of H-pyrrole nitrogens is 1. The van der Waals surface area contributed by atoms with Crippen LogP contribution in [-0.2, 0) is 17.8 Å². The highest BCUT2D eigenvalue weighted by Gasteiger charge is 2.21. The summed E-state index contributed by atoms with van der Waals surface area (Å²) in [5.41, 5.74) is 6.15. The Balaban J connectivity index is 1.95. The Hall–Kier alpha value is -3.32. The molecule has 0 unspecified atom stereocenters. The lowest BCUT2D eigenvalue weighted by Crippen LogP contribution is -2.40. The van der Waals surface area contributed by atoms with Crippen LogP contribution in [0, 0.1) is 0 Å². The Morgan fingerprint density at radius 1 is 1.11 bits per heavy atom. The van der Waals surface area contributed by atoms with E-state index in [1.54, 1.807) is 24.3 Å². The van der Waals surface area contributed by atoms with Gasteiger partial charge in [0.2, 0.25) is 5.91 Å². The van der Waals surface area contributed by atoms with Gasteiger partial charge < -0.3 is 10.6 Å². The summed E-state index contributed by atoms with van der Waals surface area (Å²) in [7, 11) is 1.44. The summed E-state index contributed by atoms with van der Waals surface area (Å²) in [5.74, 6) is -0.456. The molecular formula is C20H19ClN4O3. The minimum absolute atomic E-state index is 0.00708. The number of rotatable bonds is 5. The van der Waals surface area contributed by atoms with Crippen molar-refractivity contribution in [3.8, 4) is 0 Å². The van der Waals surface area contributed by atoms with Gasteiger partial charge in [-0.25, -0.2) is 4.79 Å². The molecule has 0 radical (unpaired) electrons. The van der Waals surface area contributed by atoms with Gasteiger partial charge in [-0.1, -0.05) is 60.1 Å². The monoisotopic (exact) mass is 398 g/mol. The first-order chi connectivity index (χ1) is 13.4. The van der Waals surface area contributed by atoms with Gasteiger partial charge in [0, 0.05) is 12.1 Å². The standard InChI is InChI=1S/C20H19ClN4O3/c1-24(16(26)11-14-9-5-6-10-15(14)21)17-18(22)25(20(28)23-19(17)27)12-13-7-3-2-4-8-13/h2-10H,11-12,22H2,1H3,(H,23,27,28). The number of nitrogen functional groups attached to an aromatic ring is 1. The van der Waals surface area contributed by atoms with Gasteiger partial charge in [-0.3, -0.25) is 19.1 Å². The van der Waals surface area contributed by atoms with E-state index in [0.29, 0.717) is 10.6 Å². The zero-order valence-corrected chi connectivity index (χ0v) is 15.9. The second-order valence-corrected chi connectivity index (χ2v) is 6.69. The molecule has 144 valence electrons. The molecule has 1 heterocycles.